The van der Waals surface area contributed by atoms with Gasteiger partial charge in [0.05, 0.1) is 39.6 Å². The predicted octanol–water partition coefficient (Wildman–Crippen LogP) is 2.95. The van der Waals surface area contributed by atoms with E-state index in [0.717, 1.165) is 41.4 Å². The monoisotopic (exact) mass is 716 g/mol. The van der Waals surface area contributed by atoms with Crippen LogP contribution in [0.25, 0.3) is 0 Å². The molecular formula is C28H46FN2O12PS2. The molecule has 0 aromatic rings. The van der Waals surface area contributed by atoms with Gasteiger partial charge in [-0.3, -0.25) is 28.0 Å². The van der Waals surface area contributed by atoms with Gasteiger partial charge in [0.15, 0.2) is 16.5 Å². The summed E-state index contributed by atoms with van der Waals surface area (Å²) in [5.74, 6) is -2.96. The van der Waals surface area contributed by atoms with Crippen molar-refractivity contribution in [3.8, 4) is 0 Å². The number of phosphoric ester groups is 1. The molecule has 1 fully saturated rings. The minimum absolute atomic E-state index is 0.00838. The van der Waals surface area contributed by atoms with E-state index in [1.807, 2.05) is 20.8 Å². The van der Waals surface area contributed by atoms with E-state index < -0.39 is 49.5 Å². The summed E-state index contributed by atoms with van der Waals surface area (Å²) in [6.07, 6.45) is -1.47. The highest BCUT2D eigenvalue weighted by molar-refractivity contribution is 8.13. The summed E-state index contributed by atoms with van der Waals surface area (Å²) in [6, 6.07) is 0. The maximum atomic E-state index is 16.0. The van der Waals surface area contributed by atoms with E-state index >= 15 is 4.39 Å². The average Bonchev–Trinajstić information content (AvgIpc) is 3.14. The van der Waals surface area contributed by atoms with Gasteiger partial charge in [-0.2, -0.15) is 0 Å². The molecule has 3 N–H and O–H groups in total. The van der Waals surface area contributed by atoms with Gasteiger partial charge in [0.25, 0.3) is 11.8 Å². The molecule has 0 bridgehead atoms. The van der Waals surface area contributed by atoms with Crippen LogP contribution in [-0.2, 0) is 46.7 Å². The Hall–Kier alpha value is -1.37. The Morgan fingerprint density at radius 1 is 1.11 bits per heavy atom. The first-order valence-electron chi connectivity index (χ1n) is 14.6. The SMILES string of the molecule is C=C1NC(=O)C=CN1[C@@H]1O[C@](F)(COP(=O)(OCCOCCSC(=O)C(C)C)OCCOCCSC(=O)C(C)(C)C)[C@@H](O)[C@@]1(C)O. The van der Waals surface area contributed by atoms with Crippen LogP contribution in [0.5, 0.6) is 0 Å². The van der Waals surface area contributed by atoms with Gasteiger partial charge in [-0.25, -0.2) is 8.96 Å². The second-order valence-electron chi connectivity index (χ2n) is 11.9. The number of amides is 1. The van der Waals surface area contributed by atoms with Gasteiger partial charge in [-0.1, -0.05) is 64.7 Å². The lowest BCUT2D eigenvalue weighted by Crippen LogP contribution is -2.54. The number of ether oxygens (including phenoxy) is 3. The van der Waals surface area contributed by atoms with Gasteiger partial charge in [-0.15, -0.1) is 0 Å². The Labute approximate surface area is 277 Å². The summed E-state index contributed by atoms with van der Waals surface area (Å²) in [5.41, 5.74) is -2.74. The fraction of sp³-hybridized carbons (Fsp3) is 0.750. The Kier molecular flexibility index (Phi) is 15.8. The lowest BCUT2D eigenvalue weighted by Gasteiger charge is -2.36. The number of nitrogens with zero attached hydrogens (tertiary/aromatic N) is 1. The number of nitrogens with one attached hydrogen (secondary N) is 1. The standard InChI is InChI=1S/C28H46FN2O12PS2/c1-19(2)22(33)45-16-14-38-10-12-40-44(37,41-13-11-39-15-17-46-25(35)26(4,5)6)42-18-28(29)23(34)27(7,36)24(43-28)31-9-8-21(32)30-20(31)3/h8-9,19,23-24,34,36H,3,10-18H2,1-2,4-7H3,(H,30,32)/t23-,24+,27+,28+,44?/m0/s1. The van der Waals surface area contributed by atoms with Gasteiger partial charge in [0.1, 0.15) is 24.1 Å². The van der Waals surface area contributed by atoms with Crippen molar-refractivity contribution < 1.29 is 61.3 Å². The van der Waals surface area contributed by atoms with Gasteiger partial charge >= 0.3 is 7.82 Å². The topological polar surface area (TPSA) is 179 Å². The number of aliphatic hydroxyl groups is 2. The largest absolute Gasteiger partial charge is 0.475 e. The molecule has 0 aliphatic carbocycles. The quantitative estimate of drug-likeness (QED) is 0.131. The molecule has 1 amide bonds. The summed E-state index contributed by atoms with van der Waals surface area (Å²) < 4.78 is 61.6. The van der Waals surface area contributed by atoms with Crippen molar-refractivity contribution in [2.45, 2.75) is 65.3 Å². The van der Waals surface area contributed by atoms with Gasteiger partial charge in [-0.05, 0) is 6.92 Å². The van der Waals surface area contributed by atoms with Gasteiger partial charge in [0, 0.05) is 35.1 Å². The molecule has 2 aliphatic heterocycles. The Balaban J connectivity index is 1.98. The molecule has 5 atom stereocenters. The number of alkyl halides is 1. The minimum atomic E-state index is -4.53. The second-order valence-corrected chi connectivity index (χ2v) is 15.7. The first kappa shape index (κ1) is 40.8. The first-order chi connectivity index (χ1) is 21.3. The minimum Gasteiger partial charge on any atom is -0.384 e. The van der Waals surface area contributed by atoms with Crippen molar-refractivity contribution in [1.82, 2.24) is 10.2 Å². The normalized spacial score (nSPS) is 26.4. The van der Waals surface area contributed by atoms with Crippen LogP contribution in [0.1, 0.15) is 41.5 Å². The van der Waals surface area contributed by atoms with Crippen LogP contribution in [0, 0.1) is 11.3 Å². The summed E-state index contributed by atoms with van der Waals surface area (Å²) in [7, 11) is -4.53. The van der Waals surface area contributed by atoms with Crippen LogP contribution in [0.4, 0.5) is 4.39 Å². The fourth-order valence-electron chi connectivity index (χ4n) is 3.77. The second kappa shape index (κ2) is 17.9. The number of hydrogen-bond donors (Lipinski definition) is 3. The number of thioether (sulfide) groups is 2. The molecule has 46 heavy (non-hydrogen) atoms. The van der Waals surface area contributed by atoms with Crippen molar-refractivity contribution >= 4 is 47.5 Å². The summed E-state index contributed by atoms with van der Waals surface area (Å²) in [4.78, 5) is 36.4. The fourth-order valence-corrected chi connectivity index (χ4v) is 6.48. The van der Waals surface area contributed by atoms with Crippen LogP contribution in [0.15, 0.2) is 24.7 Å². The van der Waals surface area contributed by atoms with Crippen LogP contribution >= 0.6 is 31.3 Å². The summed E-state index contributed by atoms with van der Waals surface area (Å²) in [5, 5.41) is 24.1. The van der Waals surface area contributed by atoms with E-state index in [9.17, 15) is 29.2 Å². The van der Waals surface area contributed by atoms with Crippen molar-refractivity contribution in [1.29, 1.82) is 0 Å². The van der Waals surface area contributed by atoms with Crippen LogP contribution in [0.2, 0.25) is 0 Å². The lowest BCUT2D eigenvalue weighted by atomic mass is 9.95. The molecule has 1 saturated heterocycles. The third-order valence-electron chi connectivity index (χ3n) is 6.38. The van der Waals surface area contributed by atoms with E-state index in [1.54, 1.807) is 13.8 Å². The van der Waals surface area contributed by atoms with Crippen LogP contribution in [0.3, 0.4) is 0 Å². The molecule has 0 spiro atoms. The molecule has 0 saturated carbocycles. The lowest BCUT2D eigenvalue weighted by molar-refractivity contribution is -0.208. The molecule has 2 heterocycles. The van der Waals surface area contributed by atoms with Crippen molar-refractivity contribution in [2.24, 2.45) is 11.3 Å². The Bertz CT molecular complexity index is 1150. The molecule has 264 valence electrons. The predicted molar refractivity (Wildman–Crippen MR) is 170 cm³/mol. The van der Waals surface area contributed by atoms with E-state index in [0.29, 0.717) is 11.5 Å². The number of carbonyl (C=O) groups is 3. The number of halogens is 1. The third kappa shape index (κ3) is 12.3. The van der Waals surface area contributed by atoms with E-state index in [-0.39, 0.29) is 61.6 Å². The maximum Gasteiger partial charge on any atom is 0.475 e. The Morgan fingerprint density at radius 3 is 2.20 bits per heavy atom. The molecule has 14 nitrogen and oxygen atoms in total. The summed E-state index contributed by atoms with van der Waals surface area (Å²) in [6.45, 7) is 12.3. The van der Waals surface area contributed by atoms with Crippen LogP contribution < -0.4 is 5.32 Å². The maximum absolute atomic E-state index is 16.0. The third-order valence-corrected chi connectivity index (χ3v) is 10.2. The summed E-state index contributed by atoms with van der Waals surface area (Å²) >= 11 is 2.25. The molecule has 0 aromatic carbocycles. The van der Waals surface area contributed by atoms with E-state index in [2.05, 4.69) is 11.9 Å². The highest BCUT2D eigenvalue weighted by Gasteiger charge is 2.64. The van der Waals surface area contributed by atoms with Crippen LogP contribution in [-0.4, -0.2) is 113 Å². The number of aliphatic hydroxyl groups excluding tert-OH is 1. The van der Waals surface area contributed by atoms with Gasteiger partial charge in [0.2, 0.25) is 0 Å². The smallest absolute Gasteiger partial charge is 0.384 e. The molecule has 2 aliphatic rings. The molecular weight excluding hydrogens is 670 g/mol. The zero-order chi connectivity index (χ0) is 34.8. The zero-order valence-electron chi connectivity index (χ0n) is 27.0. The number of carbonyl (C=O) groups excluding carboxylic acids is 3. The number of phosphoric acid groups is 1. The zero-order valence-corrected chi connectivity index (χ0v) is 29.6. The Morgan fingerprint density at radius 2 is 1.67 bits per heavy atom. The van der Waals surface area contributed by atoms with Crippen molar-refractivity contribution in [2.75, 3.05) is 57.8 Å². The van der Waals surface area contributed by atoms with Crippen molar-refractivity contribution in [3.63, 3.8) is 0 Å². The highest BCUT2D eigenvalue weighted by atomic mass is 32.2. The highest BCUT2D eigenvalue weighted by Crippen LogP contribution is 2.52. The molecule has 0 radical (unpaired) electrons. The molecule has 2 rings (SSSR count). The molecule has 18 heteroatoms. The number of hydrogen-bond acceptors (Lipinski definition) is 15. The average molecular weight is 717 g/mol. The molecule has 0 aromatic heterocycles. The van der Waals surface area contributed by atoms with E-state index in [1.165, 1.54) is 6.20 Å². The van der Waals surface area contributed by atoms with Crippen molar-refractivity contribution in [3.05, 3.63) is 24.7 Å². The number of rotatable bonds is 19. The first-order valence-corrected chi connectivity index (χ1v) is 18.0. The van der Waals surface area contributed by atoms with E-state index in [4.69, 9.17) is 27.8 Å². The molecule has 1 unspecified atom stereocenters. The van der Waals surface area contributed by atoms with Gasteiger partial charge < -0.3 is 34.6 Å².